The Kier molecular flexibility index (Phi) is 4.77. The average molecular weight is 292 g/mol. The molecule has 1 aromatic rings. The summed E-state index contributed by atoms with van der Waals surface area (Å²) in [4.78, 5) is 23.9. The SMILES string of the molecule is CCOC(=O)[C@@H]1C(=O)C=C(Nc2cc(CC)no2)C[C@H]1C. The summed E-state index contributed by atoms with van der Waals surface area (Å²) >= 11 is 0. The van der Waals surface area contributed by atoms with Crippen LogP contribution in [0.15, 0.2) is 22.4 Å². The smallest absolute Gasteiger partial charge is 0.317 e. The average Bonchev–Trinajstić information content (AvgIpc) is 2.86. The van der Waals surface area contributed by atoms with Crippen molar-refractivity contribution in [1.82, 2.24) is 5.16 Å². The molecule has 1 aliphatic carbocycles. The zero-order chi connectivity index (χ0) is 15.4. The number of hydrogen-bond donors (Lipinski definition) is 1. The summed E-state index contributed by atoms with van der Waals surface area (Å²) in [5.41, 5.74) is 1.57. The van der Waals surface area contributed by atoms with E-state index in [0.717, 1.165) is 17.8 Å². The van der Waals surface area contributed by atoms with Gasteiger partial charge < -0.3 is 14.6 Å². The van der Waals surface area contributed by atoms with Crippen molar-refractivity contribution in [3.05, 3.63) is 23.5 Å². The minimum Gasteiger partial charge on any atom is -0.465 e. The Morgan fingerprint density at radius 2 is 2.29 bits per heavy atom. The highest BCUT2D eigenvalue weighted by molar-refractivity contribution is 6.06. The Bertz CT molecular complexity index is 562. The van der Waals surface area contributed by atoms with E-state index in [2.05, 4.69) is 10.5 Å². The largest absolute Gasteiger partial charge is 0.465 e. The number of ether oxygens (including phenoxy) is 1. The number of rotatable bonds is 5. The third-order valence-corrected chi connectivity index (χ3v) is 3.48. The summed E-state index contributed by atoms with van der Waals surface area (Å²) in [5, 5.41) is 6.93. The lowest BCUT2D eigenvalue weighted by molar-refractivity contribution is -0.152. The maximum absolute atomic E-state index is 12.1. The summed E-state index contributed by atoms with van der Waals surface area (Å²) in [5.74, 6) is -0.995. The molecule has 2 atom stereocenters. The van der Waals surface area contributed by atoms with E-state index in [1.54, 1.807) is 13.0 Å². The monoisotopic (exact) mass is 292 g/mol. The van der Waals surface area contributed by atoms with Crippen molar-refractivity contribution in [3.8, 4) is 0 Å². The Morgan fingerprint density at radius 3 is 2.86 bits per heavy atom. The number of hydrogen-bond acceptors (Lipinski definition) is 6. The summed E-state index contributed by atoms with van der Waals surface area (Å²) in [7, 11) is 0. The van der Waals surface area contributed by atoms with E-state index in [1.165, 1.54) is 6.08 Å². The number of aryl methyl sites for hydroxylation is 1. The topological polar surface area (TPSA) is 81.4 Å². The standard InChI is InChI=1S/C15H20N2O4/c1-4-10-8-13(21-17-10)16-11-6-9(3)14(12(18)7-11)15(19)20-5-2/h7-9,14,16H,4-6H2,1-3H3/t9-,14+/m1/s1. The Hall–Kier alpha value is -2.11. The molecule has 0 radical (unpaired) electrons. The van der Waals surface area contributed by atoms with Crippen molar-refractivity contribution in [2.24, 2.45) is 11.8 Å². The molecule has 1 aliphatic rings. The fourth-order valence-electron chi connectivity index (χ4n) is 2.43. The lowest BCUT2D eigenvalue weighted by Gasteiger charge is -2.25. The van der Waals surface area contributed by atoms with Gasteiger partial charge in [-0.25, -0.2) is 0 Å². The van der Waals surface area contributed by atoms with Gasteiger partial charge in [-0.1, -0.05) is 19.0 Å². The first-order valence-electron chi connectivity index (χ1n) is 7.18. The van der Waals surface area contributed by atoms with Crippen LogP contribution in [0.5, 0.6) is 0 Å². The van der Waals surface area contributed by atoms with Crippen LogP contribution in [0.4, 0.5) is 5.88 Å². The number of carbonyl (C=O) groups excluding carboxylic acids is 2. The van der Waals surface area contributed by atoms with Crippen LogP contribution in [0.3, 0.4) is 0 Å². The third-order valence-electron chi connectivity index (χ3n) is 3.48. The van der Waals surface area contributed by atoms with E-state index in [-0.39, 0.29) is 18.3 Å². The van der Waals surface area contributed by atoms with Gasteiger partial charge in [-0.2, -0.15) is 0 Å². The molecule has 0 aromatic carbocycles. The third kappa shape index (κ3) is 3.51. The van der Waals surface area contributed by atoms with E-state index < -0.39 is 11.9 Å². The Balaban J connectivity index is 2.08. The minimum atomic E-state index is -0.712. The molecule has 0 aliphatic heterocycles. The fourth-order valence-corrected chi connectivity index (χ4v) is 2.43. The van der Waals surface area contributed by atoms with E-state index in [9.17, 15) is 9.59 Å². The number of anilines is 1. The number of ketones is 1. The quantitative estimate of drug-likeness (QED) is 0.662. The van der Waals surface area contributed by atoms with Gasteiger partial charge in [0, 0.05) is 17.8 Å². The highest BCUT2D eigenvalue weighted by Crippen LogP contribution is 2.29. The van der Waals surface area contributed by atoms with Crippen molar-refractivity contribution in [2.75, 3.05) is 11.9 Å². The molecular weight excluding hydrogens is 272 g/mol. The molecule has 0 fully saturated rings. The fraction of sp³-hybridized carbons (Fsp3) is 0.533. The first kappa shape index (κ1) is 15.3. The Morgan fingerprint density at radius 1 is 1.52 bits per heavy atom. The molecule has 6 nitrogen and oxygen atoms in total. The van der Waals surface area contributed by atoms with Gasteiger partial charge in [0.05, 0.1) is 12.3 Å². The summed E-state index contributed by atoms with van der Waals surface area (Å²) in [6, 6.07) is 1.80. The molecule has 114 valence electrons. The van der Waals surface area contributed by atoms with Crippen LogP contribution in [0.25, 0.3) is 0 Å². The van der Waals surface area contributed by atoms with Crippen LogP contribution < -0.4 is 5.32 Å². The van der Waals surface area contributed by atoms with Crippen LogP contribution in [0.2, 0.25) is 0 Å². The molecule has 2 rings (SSSR count). The van der Waals surface area contributed by atoms with Crippen molar-refractivity contribution in [2.45, 2.75) is 33.6 Å². The van der Waals surface area contributed by atoms with E-state index in [0.29, 0.717) is 12.3 Å². The number of carbonyl (C=O) groups is 2. The highest BCUT2D eigenvalue weighted by Gasteiger charge is 2.36. The molecule has 1 aromatic heterocycles. The summed E-state index contributed by atoms with van der Waals surface area (Å²) in [6.07, 6.45) is 2.82. The molecule has 0 saturated carbocycles. The minimum absolute atomic E-state index is 0.113. The predicted molar refractivity (Wildman–Crippen MR) is 76.5 cm³/mol. The van der Waals surface area contributed by atoms with Crippen LogP contribution in [0, 0.1) is 11.8 Å². The first-order chi connectivity index (χ1) is 10.0. The number of allylic oxidation sites excluding steroid dienone is 2. The predicted octanol–water partition coefficient (Wildman–Crippen LogP) is 2.32. The van der Waals surface area contributed by atoms with Crippen LogP contribution in [0.1, 0.15) is 32.9 Å². The second-order valence-corrected chi connectivity index (χ2v) is 5.14. The number of esters is 1. The lowest BCUT2D eigenvalue weighted by atomic mass is 9.82. The van der Waals surface area contributed by atoms with E-state index in [1.807, 2.05) is 13.8 Å². The number of nitrogens with zero attached hydrogens (tertiary/aromatic N) is 1. The number of aromatic nitrogens is 1. The van der Waals surface area contributed by atoms with Crippen molar-refractivity contribution >= 4 is 17.6 Å². The van der Waals surface area contributed by atoms with Crippen LogP contribution in [-0.2, 0) is 20.7 Å². The molecule has 1 N–H and O–H groups in total. The molecular formula is C15H20N2O4. The van der Waals surface area contributed by atoms with Crippen molar-refractivity contribution in [1.29, 1.82) is 0 Å². The van der Waals surface area contributed by atoms with Crippen LogP contribution >= 0.6 is 0 Å². The van der Waals surface area contributed by atoms with Gasteiger partial charge >= 0.3 is 5.97 Å². The van der Waals surface area contributed by atoms with Gasteiger partial charge in [0.2, 0.25) is 5.88 Å². The molecule has 6 heteroatoms. The number of nitrogens with one attached hydrogen (secondary N) is 1. The van der Waals surface area contributed by atoms with Gasteiger partial charge in [0.15, 0.2) is 5.78 Å². The maximum Gasteiger partial charge on any atom is 0.317 e. The molecule has 0 bridgehead atoms. The molecule has 0 spiro atoms. The molecule has 21 heavy (non-hydrogen) atoms. The van der Waals surface area contributed by atoms with Crippen LogP contribution in [-0.4, -0.2) is 23.5 Å². The van der Waals surface area contributed by atoms with Gasteiger partial charge in [0.1, 0.15) is 5.92 Å². The highest BCUT2D eigenvalue weighted by atomic mass is 16.5. The van der Waals surface area contributed by atoms with Gasteiger partial charge in [-0.3, -0.25) is 9.59 Å². The van der Waals surface area contributed by atoms with E-state index in [4.69, 9.17) is 9.26 Å². The second kappa shape index (κ2) is 6.56. The Labute approximate surface area is 123 Å². The molecule has 1 heterocycles. The molecule has 0 amide bonds. The van der Waals surface area contributed by atoms with E-state index >= 15 is 0 Å². The maximum atomic E-state index is 12.1. The summed E-state index contributed by atoms with van der Waals surface area (Å²) in [6.45, 7) is 5.86. The summed E-state index contributed by atoms with van der Waals surface area (Å²) < 4.78 is 10.1. The normalized spacial score (nSPS) is 21.9. The molecule has 0 saturated heterocycles. The zero-order valence-electron chi connectivity index (χ0n) is 12.5. The second-order valence-electron chi connectivity index (χ2n) is 5.14. The van der Waals surface area contributed by atoms with Crippen molar-refractivity contribution in [3.63, 3.8) is 0 Å². The lowest BCUT2D eigenvalue weighted by Crippen LogP contribution is -2.34. The van der Waals surface area contributed by atoms with Gasteiger partial charge in [-0.05, 0) is 25.7 Å². The molecule has 0 unspecified atom stereocenters. The van der Waals surface area contributed by atoms with Gasteiger partial charge in [-0.15, -0.1) is 0 Å². The van der Waals surface area contributed by atoms with Gasteiger partial charge in [0.25, 0.3) is 0 Å². The zero-order valence-corrected chi connectivity index (χ0v) is 12.5. The van der Waals surface area contributed by atoms with Crippen molar-refractivity contribution < 1.29 is 18.8 Å². The first-order valence-corrected chi connectivity index (χ1v) is 7.18.